The number of likely N-dealkylation sites (tertiary alicyclic amines) is 1. The van der Waals surface area contributed by atoms with E-state index in [1.165, 1.54) is 4.90 Å². The van der Waals surface area contributed by atoms with Gasteiger partial charge in [0.1, 0.15) is 18.1 Å². The smallest absolute Gasteiger partial charge is 0.412 e. The lowest BCUT2D eigenvalue weighted by Crippen LogP contribution is -2.30. The van der Waals surface area contributed by atoms with Crippen LogP contribution in [0.4, 0.5) is 10.6 Å². The summed E-state index contributed by atoms with van der Waals surface area (Å²) < 4.78 is 5.55. The largest absolute Gasteiger partial charge is 0.481 e. The van der Waals surface area contributed by atoms with Gasteiger partial charge in [-0.15, -0.1) is 0 Å². The molecule has 2 heterocycles. The molecule has 178 valence electrons. The zero-order chi connectivity index (χ0) is 24.5. The van der Waals surface area contributed by atoms with Crippen molar-refractivity contribution in [2.75, 3.05) is 25.0 Å². The van der Waals surface area contributed by atoms with E-state index < -0.39 is 18.0 Å². The topological polar surface area (TPSA) is 109 Å². The third kappa shape index (κ3) is 4.35. The van der Waals surface area contributed by atoms with Gasteiger partial charge in [-0.25, -0.2) is 9.78 Å². The third-order valence-corrected chi connectivity index (χ3v) is 6.76. The van der Waals surface area contributed by atoms with Crippen molar-refractivity contribution in [1.82, 2.24) is 9.88 Å². The van der Waals surface area contributed by atoms with Crippen LogP contribution < -0.4 is 5.32 Å². The Labute approximate surface area is 202 Å². The molecule has 2 aliphatic rings. The number of carbonyl (C=O) groups is 3. The molecule has 1 fully saturated rings. The van der Waals surface area contributed by atoms with Crippen LogP contribution in [0.1, 0.15) is 34.5 Å². The van der Waals surface area contributed by atoms with Crippen molar-refractivity contribution in [3.63, 3.8) is 0 Å². The van der Waals surface area contributed by atoms with Gasteiger partial charge in [-0.3, -0.25) is 14.9 Å². The first-order valence-electron chi connectivity index (χ1n) is 11.5. The van der Waals surface area contributed by atoms with Crippen molar-refractivity contribution in [3.8, 4) is 11.1 Å². The highest BCUT2D eigenvalue weighted by Gasteiger charge is 2.37. The van der Waals surface area contributed by atoms with Crippen molar-refractivity contribution < 1.29 is 24.2 Å². The SMILES string of the molecule is C[C@@H]1CN(C(=O)c2cccc(NC(=O)OCC3c4ccccc4-c4ccccc43)n2)C[C@H]1C(=O)O. The predicted octanol–water partition coefficient (Wildman–Crippen LogP) is 4.24. The molecule has 35 heavy (non-hydrogen) atoms. The number of rotatable bonds is 5. The lowest BCUT2D eigenvalue weighted by molar-refractivity contribution is -0.142. The number of aromatic nitrogens is 1. The van der Waals surface area contributed by atoms with Gasteiger partial charge in [0.2, 0.25) is 0 Å². The Hall–Kier alpha value is -4.20. The normalized spacial score (nSPS) is 18.6. The maximum absolute atomic E-state index is 12.9. The van der Waals surface area contributed by atoms with E-state index in [2.05, 4.69) is 22.4 Å². The minimum Gasteiger partial charge on any atom is -0.481 e. The zero-order valence-electron chi connectivity index (χ0n) is 19.2. The van der Waals surface area contributed by atoms with E-state index in [9.17, 15) is 19.5 Å². The Bertz CT molecular complexity index is 1260. The van der Waals surface area contributed by atoms with Gasteiger partial charge in [0.25, 0.3) is 5.91 Å². The van der Waals surface area contributed by atoms with E-state index in [1.54, 1.807) is 18.2 Å². The molecule has 0 bridgehead atoms. The fourth-order valence-corrected chi connectivity index (χ4v) is 4.98. The van der Waals surface area contributed by atoms with Crippen LogP contribution in [-0.2, 0) is 9.53 Å². The van der Waals surface area contributed by atoms with Gasteiger partial charge in [-0.1, -0.05) is 61.5 Å². The van der Waals surface area contributed by atoms with Crippen molar-refractivity contribution in [1.29, 1.82) is 0 Å². The summed E-state index contributed by atoms with van der Waals surface area (Å²) in [5.41, 5.74) is 4.66. The van der Waals surface area contributed by atoms with Gasteiger partial charge in [0.05, 0.1) is 5.92 Å². The molecule has 1 saturated heterocycles. The molecule has 0 spiro atoms. The van der Waals surface area contributed by atoms with Crippen LogP contribution in [0.5, 0.6) is 0 Å². The van der Waals surface area contributed by atoms with Gasteiger partial charge >= 0.3 is 12.1 Å². The maximum atomic E-state index is 12.9. The van der Waals surface area contributed by atoms with Crippen LogP contribution in [0, 0.1) is 11.8 Å². The average Bonchev–Trinajstić information content (AvgIpc) is 3.41. The fourth-order valence-electron chi connectivity index (χ4n) is 4.98. The van der Waals surface area contributed by atoms with E-state index in [0.717, 1.165) is 22.3 Å². The van der Waals surface area contributed by atoms with Gasteiger partial charge in [-0.05, 0) is 40.3 Å². The van der Waals surface area contributed by atoms with Gasteiger partial charge in [-0.2, -0.15) is 0 Å². The number of nitrogens with one attached hydrogen (secondary N) is 1. The first-order valence-corrected chi connectivity index (χ1v) is 11.5. The van der Waals surface area contributed by atoms with Crippen LogP contribution >= 0.6 is 0 Å². The average molecular weight is 472 g/mol. The molecule has 0 unspecified atom stereocenters. The number of hydrogen-bond donors (Lipinski definition) is 2. The number of amides is 2. The molecule has 0 saturated carbocycles. The number of carboxylic acids is 1. The van der Waals surface area contributed by atoms with Crippen molar-refractivity contribution in [3.05, 3.63) is 83.6 Å². The number of ether oxygens (including phenoxy) is 1. The Morgan fingerprint density at radius 1 is 0.971 bits per heavy atom. The van der Waals surface area contributed by atoms with Crippen LogP contribution in [0.25, 0.3) is 11.1 Å². The molecule has 1 aliphatic heterocycles. The summed E-state index contributed by atoms with van der Waals surface area (Å²) in [6.45, 7) is 2.47. The molecule has 1 aliphatic carbocycles. The number of benzene rings is 2. The quantitative estimate of drug-likeness (QED) is 0.576. The van der Waals surface area contributed by atoms with Gasteiger partial charge in [0.15, 0.2) is 0 Å². The highest BCUT2D eigenvalue weighted by atomic mass is 16.5. The summed E-state index contributed by atoms with van der Waals surface area (Å²) >= 11 is 0. The number of hydrogen-bond acceptors (Lipinski definition) is 5. The lowest BCUT2D eigenvalue weighted by Gasteiger charge is -2.16. The van der Waals surface area contributed by atoms with Gasteiger partial charge < -0.3 is 14.7 Å². The molecule has 0 radical (unpaired) electrons. The molecule has 2 amide bonds. The summed E-state index contributed by atoms with van der Waals surface area (Å²) in [6.07, 6.45) is -0.662. The summed E-state index contributed by atoms with van der Waals surface area (Å²) in [4.78, 5) is 42.5. The van der Waals surface area contributed by atoms with Crippen molar-refractivity contribution in [2.24, 2.45) is 11.8 Å². The molecule has 5 rings (SSSR count). The summed E-state index contributed by atoms with van der Waals surface area (Å²) in [5.74, 6) is -1.88. The monoisotopic (exact) mass is 471 g/mol. The fraction of sp³-hybridized carbons (Fsp3) is 0.259. The van der Waals surface area contributed by atoms with E-state index in [-0.39, 0.29) is 42.4 Å². The van der Waals surface area contributed by atoms with E-state index in [1.807, 2.05) is 43.3 Å². The lowest BCUT2D eigenvalue weighted by atomic mass is 9.98. The molecular weight excluding hydrogens is 446 g/mol. The number of carboxylic acid groups (broad SMARTS) is 1. The Kier molecular flexibility index (Phi) is 5.94. The van der Waals surface area contributed by atoms with Crippen LogP contribution in [0.15, 0.2) is 66.7 Å². The number of fused-ring (bicyclic) bond motifs is 3. The Morgan fingerprint density at radius 2 is 1.63 bits per heavy atom. The molecule has 2 aromatic carbocycles. The Balaban J connectivity index is 1.24. The molecule has 1 aromatic heterocycles. The first kappa shape index (κ1) is 22.6. The molecular formula is C27H25N3O5. The van der Waals surface area contributed by atoms with Crippen molar-refractivity contribution in [2.45, 2.75) is 12.8 Å². The molecule has 2 atom stereocenters. The van der Waals surface area contributed by atoms with E-state index in [0.29, 0.717) is 6.54 Å². The number of nitrogens with zero attached hydrogens (tertiary/aromatic N) is 2. The molecule has 8 nitrogen and oxygen atoms in total. The van der Waals surface area contributed by atoms with Crippen LogP contribution in [0.3, 0.4) is 0 Å². The minimum absolute atomic E-state index is 0.0617. The predicted molar refractivity (Wildman–Crippen MR) is 129 cm³/mol. The third-order valence-electron chi connectivity index (χ3n) is 6.76. The van der Waals surface area contributed by atoms with Crippen molar-refractivity contribution >= 4 is 23.8 Å². The Morgan fingerprint density at radius 3 is 2.26 bits per heavy atom. The first-order chi connectivity index (χ1) is 16.9. The summed E-state index contributed by atoms with van der Waals surface area (Å²) in [5, 5.41) is 11.9. The van der Waals surface area contributed by atoms with E-state index >= 15 is 0 Å². The van der Waals surface area contributed by atoms with E-state index in [4.69, 9.17) is 4.74 Å². The molecule has 8 heteroatoms. The van der Waals surface area contributed by atoms with Crippen LogP contribution in [0.2, 0.25) is 0 Å². The van der Waals surface area contributed by atoms with Crippen LogP contribution in [-0.4, -0.2) is 52.7 Å². The maximum Gasteiger partial charge on any atom is 0.412 e. The highest BCUT2D eigenvalue weighted by molar-refractivity contribution is 5.94. The second-order valence-corrected chi connectivity index (χ2v) is 8.99. The summed E-state index contributed by atoms with van der Waals surface area (Å²) in [6, 6.07) is 20.9. The summed E-state index contributed by atoms with van der Waals surface area (Å²) in [7, 11) is 0. The minimum atomic E-state index is -0.911. The highest BCUT2D eigenvalue weighted by Crippen LogP contribution is 2.44. The molecule has 2 N–H and O–H groups in total. The zero-order valence-corrected chi connectivity index (χ0v) is 19.2. The second kappa shape index (κ2) is 9.21. The number of carbonyl (C=O) groups excluding carboxylic acids is 2. The van der Waals surface area contributed by atoms with Gasteiger partial charge in [0, 0.05) is 19.0 Å². The second-order valence-electron chi connectivity index (χ2n) is 8.99. The standard InChI is InChI=1S/C27H25N3O5/c1-16-13-30(14-21(16)26(32)33)25(31)23-11-6-12-24(28-23)29-27(34)35-15-22-19-9-4-2-7-17(19)18-8-3-5-10-20(18)22/h2-12,16,21-22H,13-15H2,1H3,(H,32,33)(H,28,29,34)/t16-,21-/m1/s1. The number of anilines is 1. The number of aliphatic carboxylic acids is 1. The molecule has 3 aromatic rings. The number of pyridine rings is 1.